The molecule has 1 aliphatic rings. The van der Waals surface area contributed by atoms with Crippen LogP contribution in [0.1, 0.15) is 26.7 Å². The lowest BCUT2D eigenvalue weighted by Crippen LogP contribution is -2.40. The molecule has 0 unspecified atom stereocenters. The van der Waals surface area contributed by atoms with Crippen molar-refractivity contribution in [3.63, 3.8) is 0 Å². The van der Waals surface area contributed by atoms with Crippen LogP contribution < -0.4 is 10.6 Å². The summed E-state index contributed by atoms with van der Waals surface area (Å²) in [5.41, 5.74) is 6.98. The molecular weight excluding hydrogens is 222 g/mol. The Bertz CT molecular complexity index is 390. The first-order chi connectivity index (χ1) is 7.48. The number of hydrogen-bond donors (Lipinski definition) is 1. The second kappa shape index (κ2) is 4.13. The fraction of sp³-hybridized carbons (Fsp3) is 0.583. The number of anilines is 2. The van der Waals surface area contributed by atoms with Crippen LogP contribution in [0.15, 0.2) is 12.1 Å². The Morgan fingerprint density at radius 3 is 2.88 bits per heavy atom. The molecule has 4 heteroatoms. The van der Waals surface area contributed by atoms with E-state index in [4.69, 9.17) is 17.3 Å². The fourth-order valence-electron chi connectivity index (χ4n) is 2.29. The normalized spacial score (nSPS) is 19.8. The van der Waals surface area contributed by atoms with Crippen molar-refractivity contribution in [3.05, 3.63) is 17.3 Å². The minimum atomic E-state index is 0.328. The molecule has 0 atom stereocenters. The smallest absolute Gasteiger partial charge is 0.153 e. The maximum absolute atomic E-state index is 5.95. The van der Waals surface area contributed by atoms with Crippen LogP contribution in [-0.2, 0) is 0 Å². The number of nitrogens with two attached hydrogens (primary N) is 1. The molecule has 0 bridgehead atoms. The van der Waals surface area contributed by atoms with Crippen LogP contribution in [0.2, 0.25) is 5.15 Å². The summed E-state index contributed by atoms with van der Waals surface area (Å²) in [4.78, 5) is 6.57. The van der Waals surface area contributed by atoms with Gasteiger partial charge in [-0.3, -0.25) is 0 Å². The number of nitrogens with zero attached hydrogens (tertiary/aromatic N) is 2. The number of hydrogen-bond acceptors (Lipinski definition) is 3. The van der Waals surface area contributed by atoms with Gasteiger partial charge in [-0.25, -0.2) is 4.98 Å². The molecule has 1 aliphatic heterocycles. The minimum absolute atomic E-state index is 0.328. The average molecular weight is 240 g/mol. The Hall–Kier alpha value is -0.960. The van der Waals surface area contributed by atoms with Gasteiger partial charge in [-0.2, -0.15) is 0 Å². The van der Waals surface area contributed by atoms with Crippen molar-refractivity contribution in [2.75, 3.05) is 23.7 Å². The Labute approximate surface area is 102 Å². The van der Waals surface area contributed by atoms with E-state index in [9.17, 15) is 0 Å². The van der Waals surface area contributed by atoms with Gasteiger partial charge in [0.2, 0.25) is 0 Å². The highest BCUT2D eigenvalue weighted by Crippen LogP contribution is 2.33. The lowest BCUT2D eigenvalue weighted by atomic mass is 9.84. The molecule has 1 aromatic rings. The predicted molar refractivity (Wildman–Crippen MR) is 68.9 cm³/mol. The van der Waals surface area contributed by atoms with Crippen molar-refractivity contribution in [1.29, 1.82) is 0 Å². The largest absolute Gasteiger partial charge is 0.396 e. The molecular formula is C12H18ClN3. The molecule has 3 nitrogen and oxygen atoms in total. The number of pyridine rings is 1. The van der Waals surface area contributed by atoms with Gasteiger partial charge in [0.05, 0.1) is 5.69 Å². The van der Waals surface area contributed by atoms with E-state index in [0.717, 1.165) is 18.9 Å². The molecule has 1 aromatic heterocycles. The second-order valence-corrected chi connectivity index (χ2v) is 5.62. The summed E-state index contributed by atoms with van der Waals surface area (Å²) >= 11 is 5.91. The maximum atomic E-state index is 5.95. The summed E-state index contributed by atoms with van der Waals surface area (Å²) in [6.45, 7) is 6.56. The van der Waals surface area contributed by atoms with Gasteiger partial charge in [0.25, 0.3) is 0 Å². The van der Waals surface area contributed by atoms with Crippen LogP contribution in [0.25, 0.3) is 0 Å². The highest BCUT2D eigenvalue weighted by atomic mass is 35.5. The third kappa shape index (κ3) is 2.40. The van der Waals surface area contributed by atoms with Crippen molar-refractivity contribution in [2.24, 2.45) is 5.41 Å². The van der Waals surface area contributed by atoms with Crippen LogP contribution in [0.5, 0.6) is 0 Å². The number of nitrogen functional groups attached to an aromatic ring is 1. The first kappa shape index (κ1) is 11.5. The molecule has 16 heavy (non-hydrogen) atoms. The van der Waals surface area contributed by atoms with Crippen LogP contribution >= 0.6 is 11.6 Å². The number of halogens is 1. The lowest BCUT2D eigenvalue weighted by Gasteiger charge is -2.39. The van der Waals surface area contributed by atoms with Crippen molar-refractivity contribution in [3.8, 4) is 0 Å². The van der Waals surface area contributed by atoms with Crippen LogP contribution in [0, 0.1) is 5.41 Å². The van der Waals surface area contributed by atoms with Gasteiger partial charge in [0.1, 0.15) is 5.15 Å². The van der Waals surface area contributed by atoms with E-state index in [1.165, 1.54) is 12.8 Å². The van der Waals surface area contributed by atoms with Crippen LogP contribution in [0.4, 0.5) is 11.5 Å². The van der Waals surface area contributed by atoms with Gasteiger partial charge in [-0.15, -0.1) is 0 Å². The first-order valence-corrected chi connectivity index (χ1v) is 6.03. The van der Waals surface area contributed by atoms with E-state index in [1.54, 1.807) is 6.07 Å². The van der Waals surface area contributed by atoms with Gasteiger partial charge < -0.3 is 10.6 Å². The third-order valence-electron chi connectivity index (χ3n) is 3.07. The summed E-state index contributed by atoms with van der Waals surface area (Å²) in [5.74, 6) is 0.834. The van der Waals surface area contributed by atoms with E-state index >= 15 is 0 Å². The monoisotopic (exact) mass is 239 g/mol. The van der Waals surface area contributed by atoms with E-state index in [-0.39, 0.29) is 0 Å². The summed E-state index contributed by atoms with van der Waals surface area (Å²) in [6.07, 6.45) is 2.44. The van der Waals surface area contributed by atoms with Gasteiger partial charge in [-0.05, 0) is 30.4 Å². The highest BCUT2D eigenvalue weighted by molar-refractivity contribution is 6.29. The molecule has 0 aliphatic carbocycles. The summed E-state index contributed by atoms with van der Waals surface area (Å²) < 4.78 is 0. The van der Waals surface area contributed by atoms with E-state index in [0.29, 0.717) is 16.3 Å². The Morgan fingerprint density at radius 1 is 1.44 bits per heavy atom. The molecule has 1 saturated heterocycles. The van der Waals surface area contributed by atoms with Gasteiger partial charge in [-0.1, -0.05) is 25.4 Å². The van der Waals surface area contributed by atoms with Crippen molar-refractivity contribution < 1.29 is 0 Å². The van der Waals surface area contributed by atoms with Crippen molar-refractivity contribution in [1.82, 2.24) is 4.98 Å². The molecule has 0 aromatic carbocycles. The quantitative estimate of drug-likeness (QED) is 0.767. The molecule has 0 saturated carbocycles. The van der Waals surface area contributed by atoms with Crippen LogP contribution in [-0.4, -0.2) is 18.1 Å². The zero-order valence-corrected chi connectivity index (χ0v) is 10.6. The maximum Gasteiger partial charge on any atom is 0.153 e. The summed E-state index contributed by atoms with van der Waals surface area (Å²) in [5, 5.41) is 0.507. The van der Waals surface area contributed by atoms with E-state index < -0.39 is 0 Å². The Balaban J connectivity index is 2.26. The standard InChI is InChI=1S/C12H18ClN3/c1-12(2)6-3-7-16(8-12)11-9(14)4-5-10(13)15-11/h4-5H,3,6-8,14H2,1-2H3. The van der Waals surface area contributed by atoms with Crippen molar-refractivity contribution >= 4 is 23.1 Å². The van der Waals surface area contributed by atoms with E-state index in [1.807, 2.05) is 6.07 Å². The molecule has 2 N–H and O–H groups in total. The van der Waals surface area contributed by atoms with Gasteiger partial charge in [0.15, 0.2) is 5.82 Å². The number of rotatable bonds is 1. The summed E-state index contributed by atoms with van der Waals surface area (Å²) in [6, 6.07) is 3.56. The molecule has 2 rings (SSSR count). The zero-order chi connectivity index (χ0) is 11.8. The van der Waals surface area contributed by atoms with E-state index in [2.05, 4.69) is 23.7 Å². The SMILES string of the molecule is CC1(C)CCCN(c2nc(Cl)ccc2N)C1. The second-order valence-electron chi connectivity index (χ2n) is 5.24. The highest BCUT2D eigenvalue weighted by Gasteiger charge is 2.27. The van der Waals surface area contributed by atoms with Crippen LogP contribution in [0.3, 0.4) is 0 Å². The lowest BCUT2D eigenvalue weighted by molar-refractivity contribution is 0.292. The Kier molecular flexibility index (Phi) is 2.98. The van der Waals surface area contributed by atoms with Gasteiger partial charge >= 0.3 is 0 Å². The van der Waals surface area contributed by atoms with Gasteiger partial charge in [0, 0.05) is 13.1 Å². The molecule has 0 amide bonds. The Morgan fingerprint density at radius 2 is 2.19 bits per heavy atom. The molecule has 2 heterocycles. The predicted octanol–water partition coefficient (Wildman–Crippen LogP) is 2.94. The number of aromatic nitrogens is 1. The van der Waals surface area contributed by atoms with Crippen molar-refractivity contribution in [2.45, 2.75) is 26.7 Å². The molecule has 0 spiro atoms. The average Bonchev–Trinajstić information content (AvgIpc) is 2.20. The summed E-state index contributed by atoms with van der Waals surface area (Å²) in [7, 11) is 0. The first-order valence-electron chi connectivity index (χ1n) is 5.65. The third-order valence-corrected chi connectivity index (χ3v) is 3.28. The fourth-order valence-corrected chi connectivity index (χ4v) is 2.44. The molecule has 88 valence electrons. The molecule has 0 radical (unpaired) electrons. The minimum Gasteiger partial charge on any atom is -0.396 e. The number of piperidine rings is 1. The topological polar surface area (TPSA) is 42.2 Å². The molecule has 1 fully saturated rings. The zero-order valence-electron chi connectivity index (χ0n) is 9.83.